The number of hydrogen-bond acceptors (Lipinski definition) is 4. The molecule has 1 aromatic carbocycles. The van der Waals surface area contributed by atoms with Crippen LogP contribution < -0.4 is 15.0 Å². The van der Waals surface area contributed by atoms with Crippen molar-refractivity contribution >= 4 is 29.7 Å². The maximum absolute atomic E-state index is 5.64. The lowest BCUT2D eigenvalue weighted by Crippen LogP contribution is -2.48. The molecule has 4 nitrogen and oxygen atoms in total. The van der Waals surface area contributed by atoms with Gasteiger partial charge < -0.3 is 15.0 Å². The Morgan fingerprint density at radius 1 is 1.14 bits per heavy atom. The predicted octanol–water partition coefficient (Wildman–Crippen LogP) is 2.07. The Balaban J connectivity index is 0.00000220. The van der Waals surface area contributed by atoms with Gasteiger partial charge in [0.15, 0.2) is 0 Å². The average molecular weight is 334 g/mol. The predicted molar refractivity (Wildman–Crippen MR) is 92.5 cm³/mol. The van der Waals surface area contributed by atoms with Crippen LogP contribution in [0.2, 0.25) is 0 Å². The number of hydrogen-bond donors (Lipinski definition) is 1. The van der Waals surface area contributed by atoms with Gasteiger partial charge in [-0.25, -0.2) is 0 Å². The van der Waals surface area contributed by atoms with Crippen LogP contribution in [0.3, 0.4) is 0 Å². The summed E-state index contributed by atoms with van der Waals surface area (Å²) >= 11 is 5.64. The first-order chi connectivity index (χ1) is 9.85. The second-order valence-electron chi connectivity index (χ2n) is 4.94. The number of anilines is 1. The van der Waals surface area contributed by atoms with E-state index in [2.05, 4.69) is 27.2 Å². The standard InChI is InChI=1S/C15H24ClN3O.ClH/c1-20-15-5-3-2-4-14(15)19-12-10-18(11-13-19)9-8-17-7-6-16;/h2-5,17H,6-13H2,1H3;1H. The van der Waals surface area contributed by atoms with E-state index in [0.29, 0.717) is 5.88 Å². The van der Waals surface area contributed by atoms with Gasteiger partial charge in [0.2, 0.25) is 0 Å². The number of ether oxygens (including phenoxy) is 1. The van der Waals surface area contributed by atoms with Crippen molar-refractivity contribution in [1.29, 1.82) is 0 Å². The molecule has 1 heterocycles. The number of nitrogens with zero attached hydrogens (tertiary/aromatic N) is 2. The van der Waals surface area contributed by atoms with Crippen LogP contribution in [0.1, 0.15) is 0 Å². The molecule has 1 aliphatic heterocycles. The molecule has 0 aliphatic carbocycles. The third-order valence-electron chi connectivity index (χ3n) is 3.67. The molecule has 1 N–H and O–H groups in total. The van der Waals surface area contributed by atoms with Gasteiger partial charge in [-0.1, -0.05) is 12.1 Å². The zero-order chi connectivity index (χ0) is 14.2. The van der Waals surface area contributed by atoms with Crippen molar-refractivity contribution in [1.82, 2.24) is 10.2 Å². The highest BCUT2D eigenvalue weighted by atomic mass is 35.5. The van der Waals surface area contributed by atoms with E-state index in [1.807, 2.05) is 12.1 Å². The molecule has 120 valence electrons. The molecular formula is C15H25Cl2N3O. The summed E-state index contributed by atoms with van der Waals surface area (Å²) in [6.45, 7) is 7.30. The molecule has 1 fully saturated rings. The van der Waals surface area contributed by atoms with Crippen LogP contribution >= 0.6 is 24.0 Å². The third-order valence-corrected chi connectivity index (χ3v) is 3.86. The highest BCUT2D eigenvalue weighted by molar-refractivity contribution is 6.18. The first kappa shape index (κ1) is 18.4. The van der Waals surface area contributed by atoms with E-state index in [9.17, 15) is 0 Å². The normalized spacial score (nSPS) is 15.6. The van der Waals surface area contributed by atoms with Gasteiger partial charge in [-0.05, 0) is 12.1 Å². The first-order valence-corrected chi connectivity index (χ1v) is 7.75. The summed E-state index contributed by atoms with van der Waals surface area (Å²) in [5.41, 5.74) is 1.20. The quantitative estimate of drug-likeness (QED) is 0.610. The van der Waals surface area contributed by atoms with Gasteiger partial charge in [0.1, 0.15) is 5.75 Å². The Hall–Kier alpha value is -0.680. The number of alkyl halides is 1. The summed E-state index contributed by atoms with van der Waals surface area (Å²) in [5.74, 6) is 1.64. The van der Waals surface area contributed by atoms with Crippen molar-refractivity contribution in [3.63, 3.8) is 0 Å². The summed E-state index contributed by atoms with van der Waals surface area (Å²) in [7, 11) is 1.73. The van der Waals surface area contributed by atoms with Gasteiger partial charge >= 0.3 is 0 Å². The number of benzene rings is 1. The van der Waals surface area contributed by atoms with Gasteiger partial charge in [-0.3, -0.25) is 4.90 Å². The third kappa shape index (κ3) is 5.55. The fourth-order valence-corrected chi connectivity index (χ4v) is 2.67. The molecule has 0 amide bonds. The smallest absolute Gasteiger partial charge is 0.142 e. The maximum Gasteiger partial charge on any atom is 0.142 e. The SMILES string of the molecule is COc1ccccc1N1CCN(CCNCCCl)CC1.Cl. The summed E-state index contributed by atoms with van der Waals surface area (Å²) in [5, 5.41) is 3.34. The number of rotatable bonds is 7. The topological polar surface area (TPSA) is 27.7 Å². The fraction of sp³-hybridized carbons (Fsp3) is 0.600. The highest BCUT2D eigenvalue weighted by Crippen LogP contribution is 2.28. The van der Waals surface area contributed by atoms with Crippen LogP contribution in [0.5, 0.6) is 5.75 Å². The Morgan fingerprint density at radius 3 is 2.52 bits per heavy atom. The van der Waals surface area contributed by atoms with Gasteiger partial charge in [-0.15, -0.1) is 24.0 Å². The van der Waals surface area contributed by atoms with Crippen molar-refractivity contribution in [3.05, 3.63) is 24.3 Å². The molecule has 2 rings (SSSR count). The largest absolute Gasteiger partial charge is 0.495 e. The zero-order valence-electron chi connectivity index (χ0n) is 12.6. The van der Waals surface area contributed by atoms with E-state index in [4.69, 9.17) is 16.3 Å². The van der Waals surface area contributed by atoms with E-state index in [0.717, 1.165) is 51.6 Å². The van der Waals surface area contributed by atoms with Crippen molar-refractivity contribution in [3.8, 4) is 5.75 Å². The minimum atomic E-state index is 0. The van der Waals surface area contributed by atoms with Crippen molar-refractivity contribution in [2.24, 2.45) is 0 Å². The van der Waals surface area contributed by atoms with E-state index < -0.39 is 0 Å². The van der Waals surface area contributed by atoms with Gasteiger partial charge in [0, 0.05) is 51.7 Å². The summed E-state index contributed by atoms with van der Waals surface area (Å²) in [4.78, 5) is 4.90. The second-order valence-corrected chi connectivity index (χ2v) is 5.32. The molecular weight excluding hydrogens is 309 g/mol. The molecule has 0 bridgehead atoms. The van der Waals surface area contributed by atoms with Crippen molar-refractivity contribution in [2.45, 2.75) is 0 Å². The highest BCUT2D eigenvalue weighted by Gasteiger charge is 2.18. The Morgan fingerprint density at radius 2 is 1.86 bits per heavy atom. The number of piperazine rings is 1. The zero-order valence-corrected chi connectivity index (χ0v) is 14.1. The van der Waals surface area contributed by atoms with Crippen LogP contribution in [0.15, 0.2) is 24.3 Å². The number of nitrogens with one attached hydrogen (secondary N) is 1. The second kappa shape index (κ2) is 10.1. The molecule has 0 aromatic heterocycles. The average Bonchev–Trinajstić information content (AvgIpc) is 2.52. The maximum atomic E-state index is 5.64. The monoisotopic (exact) mass is 333 g/mol. The van der Waals surface area contributed by atoms with Crippen molar-refractivity contribution in [2.75, 3.05) is 63.7 Å². The summed E-state index contributed by atoms with van der Waals surface area (Å²) < 4.78 is 5.44. The van der Waals surface area contributed by atoms with Gasteiger partial charge in [0.25, 0.3) is 0 Å². The minimum absolute atomic E-state index is 0. The Bertz CT molecular complexity index is 398. The molecule has 1 saturated heterocycles. The van der Waals surface area contributed by atoms with E-state index in [1.165, 1.54) is 5.69 Å². The lowest BCUT2D eigenvalue weighted by atomic mass is 10.2. The molecule has 0 saturated carbocycles. The van der Waals surface area contributed by atoms with Crippen LogP contribution in [0, 0.1) is 0 Å². The fourth-order valence-electron chi connectivity index (χ4n) is 2.53. The van der Waals surface area contributed by atoms with E-state index >= 15 is 0 Å². The molecule has 21 heavy (non-hydrogen) atoms. The van der Waals surface area contributed by atoms with Crippen molar-refractivity contribution < 1.29 is 4.74 Å². The Kier molecular flexibility index (Phi) is 8.85. The summed E-state index contributed by atoms with van der Waals surface area (Å²) in [6.07, 6.45) is 0. The number of para-hydroxylation sites is 2. The molecule has 0 spiro atoms. The number of halogens is 2. The lowest BCUT2D eigenvalue weighted by molar-refractivity contribution is 0.257. The van der Waals surface area contributed by atoms with Crippen LogP contribution in [-0.2, 0) is 0 Å². The first-order valence-electron chi connectivity index (χ1n) is 7.22. The van der Waals surface area contributed by atoms with Gasteiger partial charge in [0.05, 0.1) is 12.8 Å². The van der Waals surface area contributed by atoms with Crippen LogP contribution in [0.4, 0.5) is 5.69 Å². The molecule has 1 aromatic rings. The van der Waals surface area contributed by atoms with E-state index in [-0.39, 0.29) is 12.4 Å². The minimum Gasteiger partial charge on any atom is -0.495 e. The van der Waals surface area contributed by atoms with E-state index in [1.54, 1.807) is 7.11 Å². The van der Waals surface area contributed by atoms with Crippen LogP contribution in [0.25, 0.3) is 0 Å². The number of methoxy groups -OCH3 is 1. The Labute approximate surface area is 138 Å². The lowest BCUT2D eigenvalue weighted by Gasteiger charge is -2.36. The van der Waals surface area contributed by atoms with Gasteiger partial charge in [-0.2, -0.15) is 0 Å². The molecule has 0 atom stereocenters. The molecule has 0 radical (unpaired) electrons. The van der Waals surface area contributed by atoms with Crippen LogP contribution in [-0.4, -0.2) is 63.7 Å². The molecule has 6 heteroatoms. The molecule has 1 aliphatic rings. The summed E-state index contributed by atoms with van der Waals surface area (Å²) in [6, 6.07) is 8.25. The molecule has 0 unspecified atom stereocenters.